The number of rotatable bonds is 5. The first-order valence-corrected chi connectivity index (χ1v) is 10.0. The molecule has 1 aromatic heterocycles. The van der Waals surface area contributed by atoms with Crippen LogP contribution in [0.2, 0.25) is 0 Å². The molecule has 3 rings (SSSR count). The standard InChI is InChI=1S/C20H18BrN3O2S/c1-13-9-14(2)11-16(10-13)23-18(25)12-27-19-20(26)24(8-7-22-19)17-5-3-15(21)4-6-17/h3-11H,12H2,1-2H3,(H,23,25). The summed E-state index contributed by atoms with van der Waals surface area (Å²) in [6.07, 6.45) is 3.18. The highest BCUT2D eigenvalue weighted by atomic mass is 79.9. The van der Waals surface area contributed by atoms with E-state index >= 15 is 0 Å². The van der Waals surface area contributed by atoms with Crippen molar-refractivity contribution in [3.8, 4) is 5.69 Å². The molecule has 0 radical (unpaired) electrons. The molecule has 0 unspecified atom stereocenters. The molecule has 1 amide bonds. The third-order valence-electron chi connectivity index (χ3n) is 3.76. The molecule has 0 saturated heterocycles. The minimum Gasteiger partial charge on any atom is -0.325 e. The van der Waals surface area contributed by atoms with Gasteiger partial charge in [-0.3, -0.25) is 14.2 Å². The van der Waals surface area contributed by atoms with Gasteiger partial charge in [0.25, 0.3) is 5.56 Å². The van der Waals surface area contributed by atoms with E-state index < -0.39 is 0 Å². The van der Waals surface area contributed by atoms with Crippen LogP contribution in [0.4, 0.5) is 5.69 Å². The van der Waals surface area contributed by atoms with Crippen LogP contribution in [0.1, 0.15) is 11.1 Å². The van der Waals surface area contributed by atoms with E-state index in [4.69, 9.17) is 0 Å². The van der Waals surface area contributed by atoms with Crippen LogP contribution in [0.15, 0.2) is 69.2 Å². The Hall–Kier alpha value is -2.38. The van der Waals surface area contributed by atoms with Gasteiger partial charge in [0.15, 0.2) is 5.03 Å². The van der Waals surface area contributed by atoms with E-state index in [1.165, 1.54) is 4.57 Å². The first kappa shape index (κ1) is 19.4. The van der Waals surface area contributed by atoms with Gasteiger partial charge in [-0.1, -0.05) is 33.8 Å². The van der Waals surface area contributed by atoms with Crippen molar-refractivity contribution in [2.24, 2.45) is 0 Å². The molecule has 7 heteroatoms. The predicted molar refractivity (Wildman–Crippen MR) is 113 cm³/mol. The number of hydrogen-bond donors (Lipinski definition) is 1. The average Bonchev–Trinajstić information content (AvgIpc) is 2.61. The van der Waals surface area contributed by atoms with E-state index in [-0.39, 0.29) is 22.2 Å². The molecule has 0 saturated carbocycles. The molecule has 0 aliphatic heterocycles. The molecule has 138 valence electrons. The summed E-state index contributed by atoms with van der Waals surface area (Å²) in [6.45, 7) is 3.96. The number of hydrogen-bond acceptors (Lipinski definition) is 4. The number of carbonyl (C=O) groups excluding carboxylic acids is 1. The first-order chi connectivity index (χ1) is 12.9. The molecule has 5 nitrogen and oxygen atoms in total. The lowest BCUT2D eigenvalue weighted by molar-refractivity contribution is -0.113. The van der Waals surface area contributed by atoms with E-state index in [0.717, 1.165) is 38.7 Å². The second-order valence-electron chi connectivity index (χ2n) is 6.10. The quantitative estimate of drug-likeness (QED) is 0.595. The molecule has 3 aromatic rings. The lowest BCUT2D eigenvalue weighted by Gasteiger charge is -2.09. The van der Waals surface area contributed by atoms with Gasteiger partial charge in [-0.05, 0) is 61.4 Å². The monoisotopic (exact) mass is 443 g/mol. The third-order valence-corrected chi connectivity index (χ3v) is 5.25. The lowest BCUT2D eigenvalue weighted by Crippen LogP contribution is -2.22. The average molecular weight is 444 g/mol. The van der Waals surface area contributed by atoms with Gasteiger partial charge in [-0.15, -0.1) is 0 Å². The van der Waals surface area contributed by atoms with Gasteiger partial charge in [0.1, 0.15) is 0 Å². The van der Waals surface area contributed by atoms with E-state index in [0.29, 0.717) is 0 Å². The number of aryl methyl sites for hydroxylation is 2. The van der Waals surface area contributed by atoms with Crippen LogP contribution in [0, 0.1) is 13.8 Å². The highest BCUT2D eigenvalue weighted by Crippen LogP contribution is 2.17. The molecular formula is C20H18BrN3O2S. The van der Waals surface area contributed by atoms with E-state index in [1.54, 1.807) is 12.4 Å². The fourth-order valence-electron chi connectivity index (χ4n) is 2.68. The van der Waals surface area contributed by atoms with E-state index in [1.807, 2.05) is 56.3 Å². The summed E-state index contributed by atoms with van der Waals surface area (Å²) in [5, 5.41) is 3.15. The highest BCUT2D eigenvalue weighted by molar-refractivity contribution is 9.10. The Labute approximate surface area is 170 Å². The fourth-order valence-corrected chi connectivity index (χ4v) is 3.64. The maximum absolute atomic E-state index is 12.7. The first-order valence-electron chi connectivity index (χ1n) is 8.27. The summed E-state index contributed by atoms with van der Waals surface area (Å²) < 4.78 is 2.45. The lowest BCUT2D eigenvalue weighted by atomic mass is 10.1. The van der Waals surface area contributed by atoms with Crippen molar-refractivity contribution in [2.75, 3.05) is 11.1 Å². The number of nitrogens with zero attached hydrogens (tertiary/aromatic N) is 2. The largest absolute Gasteiger partial charge is 0.325 e. The summed E-state index contributed by atoms with van der Waals surface area (Å²) in [7, 11) is 0. The van der Waals surface area contributed by atoms with Crippen molar-refractivity contribution < 1.29 is 4.79 Å². The fraction of sp³-hybridized carbons (Fsp3) is 0.150. The van der Waals surface area contributed by atoms with Gasteiger partial charge in [0, 0.05) is 28.2 Å². The molecule has 0 fully saturated rings. The molecule has 0 aliphatic carbocycles. The smallest absolute Gasteiger partial charge is 0.287 e. The number of benzene rings is 2. The molecule has 27 heavy (non-hydrogen) atoms. The summed E-state index contributed by atoms with van der Waals surface area (Å²) in [6, 6.07) is 13.3. The zero-order valence-electron chi connectivity index (χ0n) is 14.9. The van der Waals surface area contributed by atoms with Crippen molar-refractivity contribution in [1.29, 1.82) is 0 Å². The topological polar surface area (TPSA) is 64.0 Å². The van der Waals surface area contributed by atoms with Crippen LogP contribution in [0.3, 0.4) is 0 Å². The Morgan fingerprint density at radius 2 is 1.81 bits per heavy atom. The van der Waals surface area contributed by atoms with Crippen molar-refractivity contribution in [3.05, 3.63) is 80.8 Å². The number of amides is 1. The van der Waals surface area contributed by atoms with Crippen LogP contribution >= 0.6 is 27.7 Å². The van der Waals surface area contributed by atoms with Crippen molar-refractivity contribution >= 4 is 39.3 Å². The Kier molecular flexibility index (Phi) is 6.13. The second-order valence-corrected chi connectivity index (χ2v) is 7.98. The van der Waals surface area contributed by atoms with Gasteiger partial charge in [0.2, 0.25) is 5.91 Å². The SMILES string of the molecule is Cc1cc(C)cc(NC(=O)CSc2nccn(-c3ccc(Br)cc3)c2=O)c1. The predicted octanol–water partition coefficient (Wildman–Crippen LogP) is 4.34. The zero-order chi connectivity index (χ0) is 19.4. The third kappa shape index (κ3) is 5.08. The Balaban J connectivity index is 1.71. The number of carbonyl (C=O) groups is 1. The maximum atomic E-state index is 12.7. The van der Waals surface area contributed by atoms with Gasteiger partial charge < -0.3 is 5.32 Å². The summed E-state index contributed by atoms with van der Waals surface area (Å²) in [5.41, 5.74) is 3.42. The number of anilines is 1. The number of thioether (sulfide) groups is 1. The molecule has 2 aromatic carbocycles. The van der Waals surface area contributed by atoms with E-state index in [9.17, 15) is 9.59 Å². The van der Waals surface area contributed by atoms with Crippen LogP contribution < -0.4 is 10.9 Å². The molecule has 0 aliphatic rings. The minimum absolute atomic E-state index is 0.111. The molecule has 0 bridgehead atoms. The highest BCUT2D eigenvalue weighted by Gasteiger charge is 2.10. The van der Waals surface area contributed by atoms with E-state index in [2.05, 4.69) is 26.2 Å². The molecule has 1 N–H and O–H groups in total. The van der Waals surface area contributed by atoms with Gasteiger partial charge in [-0.2, -0.15) is 0 Å². The van der Waals surface area contributed by atoms with Crippen LogP contribution in [0.25, 0.3) is 5.69 Å². The van der Waals surface area contributed by atoms with Crippen LogP contribution in [-0.4, -0.2) is 21.2 Å². The summed E-state index contributed by atoms with van der Waals surface area (Å²) >= 11 is 4.51. The summed E-state index contributed by atoms with van der Waals surface area (Å²) in [4.78, 5) is 29.0. The Morgan fingerprint density at radius 3 is 2.48 bits per heavy atom. The summed E-state index contributed by atoms with van der Waals surface area (Å²) in [5.74, 6) is -0.0650. The maximum Gasteiger partial charge on any atom is 0.287 e. The molecular weight excluding hydrogens is 426 g/mol. The van der Waals surface area contributed by atoms with Gasteiger partial charge in [0.05, 0.1) is 5.75 Å². The Bertz CT molecular complexity index is 1010. The second kappa shape index (κ2) is 8.54. The van der Waals surface area contributed by atoms with Gasteiger partial charge in [-0.25, -0.2) is 4.98 Å². The molecule has 1 heterocycles. The van der Waals surface area contributed by atoms with Crippen LogP contribution in [0.5, 0.6) is 0 Å². The molecule has 0 spiro atoms. The zero-order valence-corrected chi connectivity index (χ0v) is 17.3. The number of halogens is 1. The molecule has 0 atom stereocenters. The number of aromatic nitrogens is 2. The number of nitrogens with one attached hydrogen (secondary N) is 1. The minimum atomic E-state index is -0.246. The van der Waals surface area contributed by atoms with Crippen molar-refractivity contribution in [1.82, 2.24) is 9.55 Å². The normalized spacial score (nSPS) is 10.6. The van der Waals surface area contributed by atoms with Gasteiger partial charge >= 0.3 is 0 Å². The van der Waals surface area contributed by atoms with Crippen molar-refractivity contribution in [2.45, 2.75) is 18.9 Å². The van der Waals surface area contributed by atoms with Crippen molar-refractivity contribution in [3.63, 3.8) is 0 Å². The van der Waals surface area contributed by atoms with Crippen LogP contribution in [-0.2, 0) is 4.79 Å². The Morgan fingerprint density at radius 1 is 1.15 bits per heavy atom.